The normalized spacial score (nSPS) is 11.3. The van der Waals surface area contributed by atoms with Gasteiger partial charge in [0.15, 0.2) is 11.5 Å². The average molecular weight is 407 g/mol. The predicted octanol–water partition coefficient (Wildman–Crippen LogP) is 4.15. The van der Waals surface area contributed by atoms with Gasteiger partial charge in [-0.05, 0) is 18.2 Å². The Kier molecular flexibility index (Phi) is 7.16. The number of hydrogen-bond donors (Lipinski definition) is 1. The zero-order valence-corrected chi connectivity index (χ0v) is 17.3. The maximum absolute atomic E-state index is 13.1. The van der Waals surface area contributed by atoms with Crippen LogP contribution in [0, 0.1) is 0 Å². The summed E-state index contributed by atoms with van der Waals surface area (Å²) in [6.07, 6.45) is -0.792. The van der Waals surface area contributed by atoms with Crippen molar-refractivity contribution in [3.8, 4) is 23.0 Å². The van der Waals surface area contributed by atoms with Crippen LogP contribution in [0.1, 0.15) is 17.2 Å². The van der Waals surface area contributed by atoms with Crippen molar-refractivity contribution in [2.45, 2.75) is 12.6 Å². The molecular weight excluding hydrogens is 382 g/mol. The van der Waals surface area contributed by atoms with Gasteiger partial charge in [0, 0.05) is 23.7 Å². The predicted molar refractivity (Wildman–Crippen MR) is 114 cm³/mol. The molecule has 0 spiro atoms. The Balaban J connectivity index is 1.81. The van der Waals surface area contributed by atoms with E-state index in [0.29, 0.717) is 23.0 Å². The first-order valence-corrected chi connectivity index (χ1v) is 9.49. The van der Waals surface area contributed by atoms with Crippen LogP contribution in [0.3, 0.4) is 0 Å². The van der Waals surface area contributed by atoms with Gasteiger partial charge >= 0.3 is 0 Å². The van der Waals surface area contributed by atoms with Crippen molar-refractivity contribution in [1.29, 1.82) is 0 Å². The molecule has 156 valence electrons. The maximum atomic E-state index is 13.1. The van der Waals surface area contributed by atoms with Gasteiger partial charge in [-0.2, -0.15) is 0 Å². The zero-order valence-electron chi connectivity index (χ0n) is 17.3. The van der Waals surface area contributed by atoms with E-state index in [9.17, 15) is 4.79 Å². The second-order valence-electron chi connectivity index (χ2n) is 6.46. The fraction of sp³-hybridized carbons (Fsp3) is 0.208. The molecule has 0 aliphatic heterocycles. The van der Waals surface area contributed by atoms with Gasteiger partial charge in [-0.1, -0.05) is 48.5 Å². The summed E-state index contributed by atoms with van der Waals surface area (Å²) in [5.74, 6) is 2.06. The van der Waals surface area contributed by atoms with Gasteiger partial charge in [-0.3, -0.25) is 4.79 Å². The molecule has 0 fully saturated rings. The number of benzene rings is 3. The number of ether oxygens (including phenoxy) is 4. The molecule has 30 heavy (non-hydrogen) atoms. The zero-order chi connectivity index (χ0) is 21.3. The summed E-state index contributed by atoms with van der Waals surface area (Å²) < 4.78 is 22.1. The van der Waals surface area contributed by atoms with Crippen molar-refractivity contribution in [3.63, 3.8) is 0 Å². The molecule has 0 bridgehead atoms. The second kappa shape index (κ2) is 10.2. The van der Waals surface area contributed by atoms with Crippen LogP contribution in [0.2, 0.25) is 0 Å². The van der Waals surface area contributed by atoms with Gasteiger partial charge in [0.2, 0.25) is 6.10 Å². The highest BCUT2D eigenvalue weighted by atomic mass is 16.5. The summed E-state index contributed by atoms with van der Waals surface area (Å²) in [6, 6.07) is 22.2. The lowest BCUT2D eigenvalue weighted by atomic mass is 10.1. The minimum absolute atomic E-state index is 0.240. The average Bonchev–Trinajstić information content (AvgIpc) is 2.81. The Morgan fingerprint density at radius 1 is 0.800 bits per heavy atom. The quantitative estimate of drug-likeness (QED) is 0.577. The van der Waals surface area contributed by atoms with Gasteiger partial charge in [-0.25, -0.2) is 0 Å². The second-order valence-corrected chi connectivity index (χ2v) is 6.46. The van der Waals surface area contributed by atoms with Crippen LogP contribution in [0.4, 0.5) is 0 Å². The smallest absolute Gasteiger partial charge is 0.266 e. The Bertz CT molecular complexity index is 960. The maximum Gasteiger partial charge on any atom is 0.266 e. The molecule has 6 nitrogen and oxygen atoms in total. The van der Waals surface area contributed by atoms with Crippen LogP contribution in [0.25, 0.3) is 0 Å². The van der Waals surface area contributed by atoms with E-state index in [1.807, 2.05) is 60.7 Å². The van der Waals surface area contributed by atoms with Crippen molar-refractivity contribution in [2.24, 2.45) is 0 Å². The minimum atomic E-state index is -0.792. The van der Waals surface area contributed by atoms with Crippen LogP contribution in [0.15, 0.2) is 72.8 Å². The summed E-state index contributed by atoms with van der Waals surface area (Å²) in [7, 11) is 4.69. The fourth-order valence-corrected chi connectivity index (χ4v) is 3.04. The number of nitrogens with one attached hydrogen (secondary N) is 1. The molecular formula is C24H25NO5. The van der Waals surface area contributed by atoms with E-state index in [1.54, 1.807) is 33.5 Å². The summed E-state index contributed by atoms with van der Waals surface area (Å²) in [6.45, 7) is 0.240. The van der Waals surface area contributed by atoms with E-state index in [4.69, 9.17) is 18.9 Å². The lowest BCUT2D eigenvalue weighted by Gasteiger charge is -2.20. The molecule has 0 saturated carbocycles. The van der Waals surface area contributed by atoms with Crippen molar-refractivity contribution in [1.82, 2.24) is 5.32 Å². The lowest BCUT2D eigenvalue weighted by Crippen LogP contribution is -2.32. The first-order valence-electron chi connectivity index (χ1n) is 9.49. The number of amides is 1. The number of para-hydroxylation sites is 1. The third-order valence-electron chi connectivity index (χ3n) is 4.58. The number of methoxy groups -OCH3 is 3. The van der Waals surface area contributed by atoms with Crippen LogP contribution in [-0.4, -0.2) is 27.2 Å². The topological polar surface area (TPSA) is 66.0 Å². The molecule has 1 N–H and O–H groups in total. The summed E-state index contributed by atoms with van der Waals surface area (Å²) >= 11 is 0. The van der Waals surface area contributed by atoms with Crippen molar-refractivity contribution in [2.75, 3.05) is 21.3 Å². The van der Waals surface area contributed by atoms with Crippen molar-refractivity contribution >= 4 is 5.91 Å². The molecule has 0 aliphatic rings. The van der Waals surface area contributed by atoms with E-state index in [0.717, 1.165) is 11.1 Å². The van der Waals surface area contributed by atoms with E-state index in [1.165, 1.54) is 0 Å². The molecule has 3 aromatic carbocycles. The Labute approximate surface area is 176 Å². The number of hydrogen-bond acceptors (Lipinski definition) is 5. The van der Waals surface area contributed by atoms with Crippen LogP contribution in [-0.2, 0) is 11.3 Å². The lowest BCUT2D eigenvalue weighted by molar-refractivity contribution is -0.128. The van der Waals surface area contributed by atoms with Crippen molar-refractivity contribution < 1.29 is 23.7 Å². The largest absolute Gasteiger partial charge is 0.496 e. The van der Waals surface area contributed by atoms with Crippen LogP contribution < -0.4 is 24.3 Å². The molecule has 3 rings (SSSR count). The van der Waals surface area contributed by atoms with Crippen LogP contribution in [0.5, 0.6) is 23.0 Å². The third-order valence-corrected chi connectivity index (χ3v) is 4.58. The number of rotatable bonds is 9. The standard InChI is InChI=1S/C24H25NO5/c1-27-20-15-22(29-3)21(28-2)14-18(20)16-25-24(26)23(17-10-6-4-7-11-17)30-19-12-8-5-9-13-19/h4-15,23H,16H2,1-3H3,(H,25,26). The number of carbonyl (C=O) groups excluding carboxylic acids is 1. The van der Waals surface area contributed by atoms with Gasteiger partial charge in [0.25, 0.3) is 5.91 Å². The van der Waals surface area contributed by atoms with Gasteiger partial charge in [0.1, 0.15) is 11.5 Å². The molecule has 3 aromatic rings. The molecule has 0 aliphatic carbocycles. The van der Waals surface area contributed by atoms with E-state index < -0.39 is 6.10 Å². The highest BCUT2D eigenvalue weighted by Gasteiger charge is 2.23. The van der Waals surface area contributed by atoms with Crippen molar-refractivity contribution in [3.05, 3.63) is 83.9 Å². The Morgan fingerprint density at radius 2 is 1.37 bits per heavy atom. The van der Waals surface area contributed by atoms with Gasteiger partial charge in [-0.15, -0.1) is 0 Å². The summed E-state index contributed by atoms with van der Waals surface area (Å²) in [4.78, 5) is 13.1. The van der Waals surface area contributed by atoms with E-state index in [-0.39, 0.29) is 12.5 Å². The van der Waals surface area contributed by atoms with E-state index in [2.05, 4.69) is 5.32 Å². The molecule has 0 heterocycles. The van der Waals surface area contributed by atoms with E-state index >= 15 is 0 Å². The molecule has 0 aromatic heterocycles. The molecule has 0 saturated heterocycles. The minimum Gasteiger partial charge on any atom is -0.496 e. The highest BCUT2D eigenvalue weighted by molar-refractivity contribution is 5.82. The Morgan fingerprint density at radius 3 is 1.97 bits per heavy atom. The van der Waals surface area contributed by atoms with Gasteiger partial charge < -0.3 is 24.3 Å². The molecule has 1 unspecified atom stereocenters. The molecule has 1 atom stereocenters. The fourth-order valence-electron chi connectivity index (χ4n) is 3.04. The molecule has 1 amide bonds. The van der Waals surface area contributed by atoms with Gasteiger partial charge in [0.05, 0.1) is 21.3 Å². The SMILES string of the molecule is COc1cc(OC)c(OC)cc1CNC(=O)C(Oc1ccccc1)c1ccccc1. The molecule has 6 heteroatoms. The number of carbonyl (C=O) groups is 1. The highest BCUT2D eigenvalue weighted by Crippen LogP contribution is 2.34. The first-order chi connectivity index (χ1) is 14.7. The monoisotopic (exact) mass is 407 g/mol. The third kappa shape index (κ3) is 5.03. The summed E-state index contributed by atoms with van der Waals surface area (Å²) in [5, 5.41) is 2.94. The summed E-state index contributed by atoms with van der Waals surface area (Å²) in [5.41, 5.74) is 1.52. The first kappa shape index (κ1) is 21.0. The molecule has 0 radical (unpaired) electrons. The Hall–Kier alpha value is -3.67. The van der Waals surface area contributed by atoms with Crippen LogP contribution >= 0.6 is 0 Å².